The Labute approximate surface area is 122 Å². The van der Waals surface area contributed by atoms with Crippen LogP contribution in [0.2, 0.25) is 0 Å². The quantitative estimate of drug-likeness (QED) is 0.877. The van der Waals surface area contributed by atoms with E-state index in [4.69, 9.17) is 9.84 Å². The lowest BCUT2D eigenvalue weighted by Crippen LogP contribution is -2.48. The summed E-state index contributed by atoms with van der Waals surface area (Å²) in [5.41, 5.74) is 1.45. The molecule has 1 aliphatic heterocycles. The number of para-hydroxylation sites is 1. The van der Waals surface area contributed by atoms with Crippen LogP contribution in [-0.2, 0) is 4.74 Å². The first-order valence-corrected chi connectivity index (χ1v) is 6.90. The number of hydrogen-bond donors (Lipinski definition) is 2. The van der Waals surface area contributed by atoms with Crippen LogP contribution in [0.25, 0.3) is 10.9 Å². The van der Waals surface area contributed by atoms with Gasteiger partial charge in [-0.15, -0.1) is 0 Å². The molecular formula is C15H17N3O3. The van der Waals surface area contributed by atoms with Crippen LogP contribution in [0.3, 0.4) is 0 Å². The minimum Gasteiger partial charge on any atom is -0.394 e. The van der Waals surface area contributed by atoms with E-state index in [0.29, 0.717) is 25.4 Å². The van der Waals surface area contributed by atoms with E-state index in [1.165, 1.54) is 0 Å². The average molecular weight is 287 g/mol. The van der Waals surface area contributed by atoms with Gasteiger partial charge in [-0.05, 0) is 12.1 Å². The number of aliphatic hydroxyl groups excluding tert-OH is 1. The van der Waals surface area contributed by atoms with Crippen molar-refractivity contribution in [2.45, 2.75) is 6.10 Å². The number of carbonyl (C=O) groups excluding carboxylic acids is 1. The first kappa shape index (κ1) is 13.8. The van der Waals surface area contributed by atoms with Gasteiger partial charge in [0.2, 0.25) is 0 Å². The maximum absolute atomic E-state index is 12.3. The number of nitrogens with one attached hydrogen (secondary N) is 1. The van der Waals surface area contributed by atoms with E-state index < -0.39 is 0 Å². The van der Waals surface area contributed by atoms with E-state index in [-0.39, 0.29) is 18.7 Å². The Morgan fingerprint density at radius 1 is 1.43 bits per heavy atom. The molecule has 21 heavy (non-hydrogen) atoms. The molecule has 2 heterocycles. The number of urea groups is 1. The van der Waals surface area contributed by atoms with E-state index >= 15 is 0 Å². The normalized spacial score (nSPS) is 18.7. The van der Waals surface area contributed by atoms with E-state index in [1.54, 1.807) is 11.1 Å². The fraction of sp³-hybridized carbons (Fsp3) is 0.333. The molecular weight excluding hydrogens is 270 g/mol. The number of ether oxygens (including phenoxy) is 1. The number of aromatic nitrogens is 1. The molecule has 0 aliphatic carbocycles. The number of carbonyl (C=O) groups is 1. The molecule has 0 unspecified atom stereocenters. The van der Waals surface area contributed by atoms with E-state index in [0.717, 1.165) is 10.9 Å². The number of nitrogens with zero attached hydrogens (tertiary/aromatic N) is 2. The largest absolute Gasteiger partial charge is 0.394 e. The number of fused-ring (bicyclic) bond motifs is 1. The van der Waals surface area contributed by atoms with Gasteiger partial charge in [0.05, 0.1) is 37.1 Å². The van der Waals surface area contributed by atoms with Crippen LogP contribution in [0.4, 0.5) is 10.5 Å². The maximum Gasteiger partial charge on any atom is 0.322 e. The fourth-order valence-corrected chi connectivity index (χ4v) is 2.41. The molecule has 0 bridgehead atoms. The molecule has 2 aromatic rings. The zero-order valence-electron chi connectivity index (χ0n) is 11.5. The number of hydrogen-bond acceptors (Lipinski definition) is 4. The molecule has 1 aromatic heterocycles. The number of benzene rings is 1. The molecule has 1 saturated heterocycles. The van der Waals surface area contributed by atoms with Crippen molar-refractivity contribution in [2.75, 3.05) is 31.6 Å². The van der Waals surface area contributed by atoms with Gasteiger partial charge in [0.15, 0.2) is 0 Å². The molecule has 1 aromatic carbocycles. The number of aliphatic hydroxyl groups is 1. The van der Waals surface area contributed by atoms with Gasteiger partial charge in [-0.2, -0.15) is 0 Å². The Morgan fingerprint density at radius 3 is 3.14 bits per heavy atom. The van der Waals surface area contributed by atoms with Gasteiger partial charge in [-0.25, -0.2) is 4.79 Å². The van der Waals surface area contributed by atoms with Gasteiger partial charge in [0.1, 0.15) is 0 Å². The number of rotatable bonds is 2. The fourth-order valence-electron chi connectivity index (χ4n) is 2.41. The molecule has 3 rings (SSSR count). The van der Waals surface area contributed by atoms with Crippen LogP contribution in [-0.4, -0.2) is 53.4 Å². The second-order valence-electron chi connectivity index (χ2n) is 4.93. The van der Waals surface area contributed by atoms with Crippen molar-refractivity contribution >= 4 is 22.6 Å². The molecule has 0 spiro atoms. The first-order chi connectivity index (χ1) is 10.3. The van der Waals surface area contributed by atoms with Gasteiger partial charge in [-0.3, -0.25) is 4.98 Å². The molecule has 0 saturated carbocycles. The molecule has 6 heteroatoms. The van der Waals surface area contributed by atoms with Crippen LogP contribution >= 0.6 is 0 Å². The Balaban J connectivity index is 1.77. The van der Waals surface area contributed by atoms with Crippen molar-refractivity contribution in [3.8, 4) is 0 Å². The zero-order valence-corrected chi connectivity index (χ0v) is 11.5. The molecule has 110 valence electrons. The molecule has 1 fully saturated rings. The van der Waals surface area contributed by atoms with Crippen LogP contribution in [0.1, 0.15) is 0 Å². The zero-order chi connectivity index (χ0) is 14.7. The topological polar surface area (TPSA) is 74.7 Å². The second kappa shape index (κ2) is 6.07. The molecule has 6 nitrogen and oxygen atoms in total. The minimum atomic E-state index is -0.310. The Bertz CT molecular complexity index is 642. The molecule has 2 amide bonds. The highest BCUT2D eigenvalue weighted by Gasteiger charge is 2.24. The van der Waals surface area contributed by atoms with Crippen molar-refractivity contribution in [1.82, 2.24) is 9.88 Å². The summed E-state index contributed by atoms with van der Waals surface area (Å²) in [6, 6.07) is 9.28. The summed E-state index contributed by atoms with van der Waals surface area (Å²) in [6.07, 6.45) is 1.39. The highest BCUT2D eigenvalue weighted by atomic mass is 16.5. The minimum absolute atomic E-state index is 0.0837. The number of morpholine rings is 1. The van der Waals surface area contributed by atoms with Gasteiger partial charge in [0.25, 0.3) is 0 Å². The van der Waals surface area contributed by atoms with Crippen LogP contribution in [0.5, 0.6) is 0 Å². The van der Waals surface area contributed by atoms with Crippen molar-refractivity contribution < 1.29 is 14.6 Å². The van der Waals surface area contributed by atoms with Gasteiger partial charge in [0, 0.05) is 18.1 Å². The summed E-state index contributed by atoms with van der Waals surface area (Å²) >= 11 is 0. The lowest BCUT2D eigenvalue weighted by atomic mass is 10.2. The van der Waals surface area contributed by atoms with Crippen LogP contribution < -0.4 is 5.32 Å². The number of anilines is 1. The first-order valence-electron chi connectivity index (χ1n) is 6.90. The monoisotopic (exact) mass is 287 g/mol. The van der Waals surface area contributed by atoms with Crippen molar-refractivity contribution in [3.05, 3.63) is 36.5 Å². The summed E-state index contributed by atoms with van der Waals surface area (Å²) in [7, 11) is 0. The van der Waals surface area contributed by atoms with Crippen molar-refractivity contribution in [3.63, 3.8) is 0 Å². The third-order valence-electron chi connectivity index (χ3n) is 3.50. The van der Waals surface area contributed by atoms with Crippen molar-refractivity contribution in [2.24, 2.45) is 0 Å². The van der Waals surface area contributed by atoms with Crippen LogP contribution in [0.15, 0.2) is 36.5 Å². The van der Waals surface area contributed by atoms with Crippen molar-refractivity contribution in [1.29, 1.82) is 0 Å². The Hall–Kier alpha value is -2.18. The molecule has 2 N–H and O–H groups in total. The summed E-state index contributed by atoms with van der Waals surface area (Å²) in [6.45, 7) is 1.26. The van der Waals surface area contributed by atoms with E-state index in [2.05, 4.69) is 10.3 Å². The Morgan fingerprint density at radius 2 is 2.29 bits per heavy atom. The van der Waals surface area contributed by atoms with E-state index in [9.17, 15) is 4.79 Å². The summed E-state index contributed by atoms with van der Waals surface area (Å²) in [5, 5.41) is 13.0. The lowest BCUT2D eigenvalue weighted by Gasteiger charge is -2.32. The maximum atomic E-state index is 12.3. The predicted octanol–water partition coefficient (Wildman–Crippen LogP) is 1.46. The lowest BCUT2D eigenvalue weighted by molar-refractivity contribution is -0.0388. The SMILES string of the molecule is O=C(Nc1cccc2cccnc12)N1CCO[C@@H](CO)C1. The number of amides is 2. The van der Waals surface area contributed by atoms with Crippen LogP contribution in [0, 0.1) is 0 Å². The summed E-state index contributed by atoms with van der Waals surface area (Å²) in [4.78, 5) is 18.3. The highest BCUT2D eigenvalue weighted by Crippen LogP contribution is 2.21. The molecule has 1 atom stereocenters. The predicted molar refractivity (Wildman–Crippen MR) is 79.2 cm³/mol. The third-order valence-corrected chi connectivity index (χ3v) is 3.50. The summed E-state index contributed by atoms with van der Waals surface area (Å²) < 4.78 is 5.34. The third kappa shape index (κ3) is 2.96. The summed E-state index contributed by atoms with van der Waals surface area (Å²) in [5.74, 6) is 0. The second-order valence-corrected chi connectivity index (χ2v) is 4.93. The standard InChI is InChI=1S/C15H17N3O3/c19-10-12-9-18(7-8-21-12)15(20)17-13-5-1-3-11-4-2-6-16-14(11)13/h1-6,12,19H,7-10H2,(H,17,20)/t12-/m1/s1. The molecule has 1 aliphatic rings. The number of pyridine rings is 1. The van der Waals surface area contributed by atoms with Gasteiger partial charge in [-0.1, -0.05) is 18.2 Å². The smallest absolute Gasteiger partial charge is 0.322 e. The van der Waals surface area contributed by atoms with Gasteiger partial charge < -0.3 is 20.1 Å². The molecule has 0 radical (unpaired) electrons. The van der Waals surface area contributed by atoms with E-state index in [1.807, 2.05) is 30.3 Å². The average Bonchev–Trinajstić information content (AvgIpc) is 2.55. The Kier molecular flexibility index (Phi) is 3.98. The van der Waals surface area contributed by atoms with Gasteiger partial charge >= 0.3 is 6.03 Å². The highest BCUT2D eigenvalue weighted by molar-refractivity contribution is 5.99.